The van der Waals surface area contributed by atoms with Crippen LogP contribution in [0.4, 0.5) is 5.69 Å². The van der Waals surface area contributed by atoms with Crippen LogP contribution in [0.3, 0.4) is 0 Å². The first-order valence-electron chi connectivity index (χ1n) is 8.86. The molecule has 0 aliphatic rings. The monoisotopic (exact) mass is 368 g/mol. The SMILES string of the molecule is Cc1nnc2ccc(-c3cccc(NC(=O)c4cc5ccccc5[nH]4)c3)nn12. The van der Waals surface area contributed by atoms with Crippen LogP contribution in [0.1, 0.15) is 16.3 Å². The van der Waals surface area contributed by atoms with Gasteiger partial charge in [0.15, 0.2) is 11.5 Å². The molecule has 3 aromatic heterocycles. The summed E-state index contributed by atoms with van der Waals surface area (Å²) >= 11 is 0. The van der Waals surface area contributed by atoms with Crippen LogP contribution in [-0.4, -0.2) is 30.7 Å². The molecule has 28 heavy (non-hydrogen) atoms. The number of aryl methyl sites for hydroxylation is 1. The van der Waals surface area contributed by atoms with Gasteiger partial charge in [0.1, 0.15) is 5.69 Å². The van der Waals surface area contributed by atoms with E-state index >= 15 is 0 Å². The lowest BCUT2D eigenvalue weighted by Crippen LogP contribution is -2.12. The van der Waals surface area contributed by atoms with E-state index in [1.54, 1.807) is 4.52 Å². The van der Waals surface area contributed by atoms with Gasteiger partial charge in [-0.05, 0) is 43.3 Å². The topological polar surface area (TPSA) is 88.0 Å². The summed E-state index contributed by atoms with van der Waals surface area (Å²) in [5.41, 5.74) is 4.52. The Morgan fingerprint density at radius 2 is 1.89 bits per heavy atom. The maximum atomic E-state index is 12.6. The Labute approximate surface area is 160 Å². The van der Waals surface area contributed by atoms with Crippen molar-refractivity contribution in [2.75, 3.05) is 5.32 Å². The Morgan fingerprint density at radius 1 is 1.00 bits per heavy atom. The van der Waals surface area contributed by atoms with E-state index in [1.165, 1.54) is 0 Å². The fourth-order valence-corrected chi connectivity index (χ4v) is 3.20. The van der Waals surface area contributed by atoms with Gasteiger partial charge in [-0.1, -0.05) is 30.3 Å². The Bertz CT molecular complexity index is 1300. The number of H-pyrrole nitrogens is 1. The lowest BCUT2D eigenvalue weighted by atomic mass is 10.1. The van der Waals surface area contributed by atoms with E-state index in [2.05, 4.69) is 25.6 Å². The molecule has 0 aliphatic heterocycles. The minimum absolute atomic E-state index is 0.189. The maximum absolute atomic E-state index is 12.6. The Balaban J connectivity index is 1.44. The molecule has 0 unspecified atom stereocenters. The van der Waals surface area contributed by atoms with Crippen molar-refractivity contribution in [3.05, 3.63) is 78.2 Å². The molecule has 7 heteroatoms. The minimum atomic E-state index is -0.189. The van der Waals surface area contributed by atoms with Gasteiger partial charge in [0.25, 0.3) is 5.91 Å². The Hall–Kier alpha value is -4.00. The molecule has 7 nitrogen and oxygen atoms in total. The van der Waals surface area contributed by atoms with Crippen LogP contribution in [-0.2, 0) is 0 Å². The van der Waals surface area contributed by atoms with Crippen molar-refractivity contribution in [2.45, 2.75) is 6.92 Å². The maximum Gasteiger partial charge on any atom is 0.272 e. The number of aromatic amines is 1. The second-order valence-corrected chi connectivity index (χ2v) is 6.54. The average molecular weight is 368 g/mol. The van der Waals surface area contributed by atoms with Gasteiger partial charge < -0.3 is 10.3 Å². The molecule has 5 aromatic rings. The van der Waals surface area contributed by atoms with Crippen molar-refractivity contribution in [3.8, 4) is 11.3 Å². The van der Waals surface area contributed by atoms with Gasteiger partial charge in [0.05, 0.1) is 5.69 Å². The van der Waals surface area contributed by atoms with Crippen molar-refractivity contribution in [1.82, 2.24) is 24.8 Å². The molecule has 0 spiro atoms. The Kier molecular flexibility index (Phi) is 3.65. The van der Waals surface area contributed by atoms with Gasteiger partial charge >= 0.3 is 0 Å². The summed E-state index contributed by atoms with van der Waals surface area (Å²) in [6, 6.07) is 21.0. The number of carbonyl (C=O) groups excluding carboxylic acids is 1. The number of anilines is 1. The minimum Gasteiger partial charge on any atom is -0.351 e. The van der Waals surface area contributed by atoms with Crippen molar-refractivity contribution >= 4 is 28.1 Å². The molecule has 0 radical (unpaired) electrons. The van der Waals surface area contributed by atoms with Crippen molar-refractivity contribution in [2.24, 2.45) is 0 Å². The highest BCUT2D eigenvalue weighted by Gasteiger charge is 2.11. The van der Waals surface area contributed by atoms with Gasteiger partial charge in [0, 0.05) is 22.2 Å². The van der Waals surface area contributed by atoms with Gasteiger partial charge in [-0.25, -0.2) is 0 Å². The van der Waals surface area contributed by atoms with Crippen LogP contribution in [0, 0.1) is 6.92 Å². The molecule has 0 fully saturated rings. The number of benzene rings is 2. The summed E-state index contributed by atoms with van der Waals surface area (Å²) in [6.07, 6.45) is 0. The molecule has 0 saturated heterocycles. The largest absolute Gasteiger partial charge is 0.351 e. The molecular weight excluding hydrogens is 352 g/mol. The lowest BCUT2D eigenvalue weighted by Gasteiger charge is -2.07. The van der Waals surface area contributed by atoms with Crippen LogP contribution in [0.5, 0.6) is 0 Å². The first kappa shape index (κ1) is 16.2. The summed E-state index contributed by atoms with van der Waals surface area (Å²) in [6.45, 7) is 1.85. The number of hydrogen-bond donors (Lipinski definition) is 2. The molecule has 3 heterocycles. The predicted octanol–water partition coefficient (Wildman–Crippen LogP) is 3.83. The third-order valence-corrected chi connectivity index (χ3v) is 4.61. The zero-order chi connectivity index (χ0) is 19.1. The van der Waals surface area contributed by atoms with E-state index in [-0.39, 0.29) is 5.91 Å². The molecule has 0 aliphatic carbocycles. The zero-order valence-corrected chi connectivity index (χ0v) is 15.0. The van der Waals surface area contributed by atoms with Crippen LogP contribution in [0.2, 0.25) is 0 Å². The molecular formula is C21H16N6O. The highest BCUT2D eigenvalue weighted by molar-refractivity contribution is 6.06. The molecule has 136 valence electrons. The standard InChI is InChI=1S/C21H16N6O/c1-13-24-25-20-10-9-18(26-27(13)20)14-6-4-7-16(11-14)22-21(28)19-12-15-5-2-3-8-17(15)23-19/h2-12,23H,1H3,(H,22,28). The van der Waals surface area contributed by atoms with Crippen molar-refractivity contribution in [3.63, 3.8) is 0 Å². The van der Waals surface area contributed by atoms with Gasteiger partial charge in [-0.3, -0.25) is 4.79 Å². The summed E-state index contributed by atoms with van der Waals surface area (Å²) in [5.74, 6) is 0.534. The molecule has 2 N–H and O–H groups in total. The fraction of sp³-hybridized carbons (Fsp3) is 0.0476. The van der Waals surface area contributed by atoms with Crippen LogP contribution in [0.15, 0.2) is 66.7 Å². The van der Waals surface area contributed by atoms with E-state index < -0.39 is 0 Å². The smallest absolute Gasteiger partial charge is 0.272 e. The summed E-state index contributed by atoms with van der Waals surface area (Å²) in [4.78, 5) is 15.8. The number of nitrogens with one attached hydrogen (secondary N) is 2. The van der Waals surface area contributed by atoms with Crippen molar-refractivity contribution < 1.29 is 4.79 Å². The summed E-state index contributed by atoms with van der Waals surface area (Å²) < 4.78 is 1.70. The highest BCUT2D eigenvalue weighted by Crippen LogP contribution is 2.22. The molecule has 5 rings (SSSR count). The second-order valence-electron chi connectivity index (χ2n) is 6.54. The number of para-hydroxylation sites is 1. The van der Waals surface area contributed by atoms with Crippen LogP contribution >= 0.6 is 0 Å². The second kappa shape index (κ2) is 6.31. The molecule has 0 bridgehead atoms. The van der Waals surface area contributed by atoms with E-state index in [4.69, 9.17) is 0 Å². The van der Waals surface area contributed by atoms with E-state index in [0.29, 0.717) is 17.0 Å². The average Bonchev–Trinajstić information content (AvgIpc) is 3.32. The number of aromatic nitrogens is 5. The number of hydrogen-bond acceptors (Lipinski definition) is 4. The fourth-order valence-electron chi connectivity index (χ4n) is 3.20. The number of nitrogens with zero attached hydrogens (tertiary/aromatic N) is 4. The first-order chi connectivity index (χ1) is 13.7. The van der Waals surface area contributed by atoms with Crippen molar-refractivity contribution in [1.29, 1.82) is 0 Å². The lowest BCUT2D eigenvalue weighted by molar-refractivity contribution is 0.102. The summed E-state index contributed by atoms with van der Waals surface area (Å²) in [7, 11) is 0. The molecule has 1 amide bonds. The van der Waals surface area contributed by atoms with E-state index in [9.17, 15) is 4.79 Å². The van der Waals surface area contributed by atoms with Crippen LogP contribution in [0.25, 0.3) is 27.8 Å². The van der Waals surface area contributed by atoms with Gasteiger partial charge in [0.2, 0.25) is 0 Å². The van der Waals surface area contributed by atoms with Crippen LogP contribution < -0.4 is 5.32 Å². The quantitative estimate of drug-likeness (QED) is 0.506. The first-order valence-corrected chi connectivity index (χ1v) is 8.86. The van der Waals surface area contributed by atoms with Gasteiger partial charge in [-0.15, -0.1) is 10.2 Å². The third kappa shape index (κ3) is 2.79. The van der Waals surface area contributed by atoms with Gasteiger partial charge in [-0.2, -0.15) is 9.61 Å². The number of amides is 1. The van der Waals surface area contributed by atoms with E-state index in [1.807, 2.05) is 73.7 Å². The predicted molar refractivity (Wildman–Crippen MR) is 107 cm³/mol. The van der Waals surface area contributed by atoms with E-state index in [0.717, 1.165) is 28.0 Å². The third-order valence-electron chi connectivity index (χ3n) is 4.61. The molecule has 0 saturated carbocycles. The molecule has 0 atom stereocenters. The number of rotatable bonds is 3. The molecule has 2 aromatic carbocycles. The number of carbonyl (C=O) groups is 1. The summed E-state index contributed by atoms with van der Waals surface area (Å²) in [5, 5.41) is 16.6. The number of fused-ring (bicyclic) bond motifs is 2. The Morgan fingerprint density at radius 3 is 2.79 bits per heavy atom. The normalized spacial score (nSPS) is 11.2. The highest BCUT2D eigenvalue weighted by atomic mass is 16.1. The zero-order valence-electron chi connectivity index (χ0n) is 15.0.